The van der Waals surface area contributed by atoms with Gasteiger partial charge in [-0.2, -0.15) is 0 Å². The average Bonchev–Trinajstić information content (AvgIpc) is 2.85. The fourth-order valence-electron chi connectivity index (χ4n) is 7.86. The molecule has 4 rings (SSSR count). The molecule has 0 heterocycles. The highest BCUT2D eigenvalue weighted by Crippen LogP contribution is 2.78. The van der Waals surface area contributed by atoms with Crippen molar-refractivity contribution in [1.82, 2.24) is 0 Å². The summed E-state index contributed by atoms with van der Waals surface area (Å²) < 4.78 is 0. The molecule has 0 saturated heterocycles. The number of allylic oxidation sites excluding steroid dienone is 1. The molecule has 1 unspecified atom stereocenters. The number of aliphatic carboxylic acids is 2. The molecule has 1 spiro atoms. The average molecular weight is 348 g/mol. The minimum absolute atomic E-state index is 0.0422. The van der Waals surface area contributed by atoms with Gasteiger partial charge in [0, 0.05) is 5.41 Å². The largest absolute Gasteiger partial charge is 0.481 e. The second-order valence-corrected chi connectivity index (χ2v) is 9.55. The normalized spacial score (nSPS) is 54.0. The fourth-order valence-corrected chi connectivity index (χ4v) is 7.86. The second-order valence-electron chi connectivity index (χ2n) is 9.55. The maximum atomic E-state index is 12.5. The summed E-state index contributed by atoms with van der Waals surface area (Å²) in [4.78, 5) is 24.7. The van der Waals surface area contributed by atoms with Crippen molar-refractivity contribution < 1.29 is 24.9 Å². The molecule has 0 aromatic carbocycles. The molecule has 0 aliphatic heterocycles. The van der Waals surface area contributed by atoms with E-state index in [4.69, 9.17) is 0 Å². The number of carboxylic acid groups (broad SMARTS) is 2. The Kier molecular flexibility index (Phi) is 3.19. The summed E-state index contributed by atoms with van der Waals surface area (Å²) in [6, 6.07) is 0. The van der Waals surface area contributed by atoms with Crippen LogP contribution in [0.4, 0.5) is 0 Å². The molecule has 0 aromatic rings. The van der Waals surface area contributed by atoms with Gasteiger partial charge in [0.25, 0.3) is 0 Å². The summed E-state index contributed by atoms with van der Waals surface area (Å²) in [6.45, 7) is 7.72. The molecule has 4 saturated carbocycles. The predicted octanol–water partition coefficient (Wildman–Crippen LogP) is 3.08. The molecular formula is C20H28O5. The van der Waals surface area contributed by atoms with Gasteiger partial charge in [0.1, 0.15) is 0 Å². The van der Waals surface area contributed by atoms with Crippen LogP contribution in [0.15, 0.2) is 12.2 Å². The quantitative estimate of drug-likeness (QED) is 0.667. The standard InChI is InChI=1S/C20H28O5/c1-11-9-19-10-12(11)5-6-13(19)17(2)7-4-8-18(3,16(23)24)20(17,25)14(19)15(21)22/h12-14,25H,1,4-10H2,2-3H3,(H,21,22)(H,23,24)/t12?,13-,14+,17-,18-,19-,20+/m0/s1. The van der Waals surface area contributed by atoms with E-state index in [1.807, 2.05) is 6.92 Å². The van der Waals surface area contributed by atoms with Crippen LogP contribution in [0, 0.1) is 34.0 Å². The van der Waals surface area contributed by atoms with Gasteiger partial charge in [-0.1, -0.05) is 25.5 Å². The highest BCUT2D eigenvalue weighted by Gasteiger charge is 2.82. The van der Waals surface area contributed by atoms with E-state index in [0.717, 1.165) is 24.8 Å². The molecule has 4 fully saturated rings. The van der Waals surface area contributed by atoms with Gasteiger partial charge in [-0.15, -0.1) is 0 Å². The molecule has 0 amide bonds. The third kappa shape index (κ3) is 1.60. The molecule has 3 N–H and O–H groups in total. The minimum Gasteiger partial charge on any atom is -0.481 e. The van der Waals surface area contributed by atoms with Gasteiger partial charge in [-0.3, -0.25) is 9.59 Å². The van der Waals surface area contributed by atoms with Crippen LogP contribution in [0.1, 0.15) is 58.8 Å². The Bertz CT molecular complexity index is 686. The molecule has 5 nitrogen and oxygen atoms in total. The molecule has 0 aromatic heterocycles. The van der Waals surface area contributed by atoms with Gasteiger partial charge >= 0.3 is 11.9 Å². The smallest absolute Gasteiger partial charge is 0.312 e. The van der Waals surface area contributed by atoms with Gasteiger partial charge < -0.3 is 15.3 Å². The van der Waals surface area contributed by atoms with E-state index in [1.165, 1.54) is 0 Å². The highest BCUT2D eigenvalue weighted by atomic mass is 16.4. The SMILES string of the molecule is C=C1C[C@]23CC1CC[C@H]2[C@]1(C)CCC[C@@](C)(C(=O)O)[C@@]1(O)[C@@H]3C(=O)O. The number of hydrogen-bond acceptors (Lipinski definition) is 3. The van der Waals surface area contributed by atoms with Crippen molar-refractivity contribution in [1.29, 1.82) is 0 Å². The zero-order valence-electron chi connectivity index (χ0n) is 15.0. The first kappa shape index (κ1) is 17.1. The minimum atomic E-state index is -1.74. The summed E-state index contributed by atoms with van der Waals surface area (Å²) in [7, 11) is 0. The van der Waals surface area contributed by atoms with Crippen molar-refractivity contribution in [3.05, 3.63) is 12.2 Å². The Morgan fingerprint density at radius 3 is 2.44 bits per heavy atom. The van der Waals surface area contributed by atoms with Gasteiger partial charge in [-0.05, 0) is 62.7 Å². The molecule has 4 aliphatic carbocycles. The molecule has 25 heavy (non-hydrogen) atoms. The lowest BCUT2D eigenvalue weighted by atomic mass is 9.50. The lowest BCUT2D eigenvalue weighted by Gasteiger charge is -2.56. The van der Waals surface area contributed by atoms with E-state index < -0.39 is 39.7 Å². The van der Waals surface area contributed by atoms with Crippen molar-refractivity contribution in [3.8, 4) is 0 Å². The highest BCUT2D eigenvalue weighted by molar-refractivity contribution is 5.82. The Hall–Kier alpha value is -1.36. The number of rotatable bonds is 2. The van der Waals surface area contributed by atoms with E-state index >= 15 is 0 Å². The third-order valence-corrected chi connectivity index (χ3v) is 8.82. The number of hydrogen-bond donors (Lipinski definition) is 3. The first-order valence-electron chi connectivity index (χ1n) is 9.41. The van der Waals surface area contributed by atoms with E-state index in [-0.39, 0.29) is 5.92 Å². The predicted molar refractivity (Wildman–Crippen MR) is 90.8 cm³/mol. The van der Waals surface area contributed by atoms with Crippen LogP contribution in [-0.2, 0) is 9.59 Å². The van der Waals surface area contributed by atoms with Crippen LogP contribution in [0.25, 0.3) is 0 Å². The summed E-state index contributed by atoms with van der Waals surface area (Å²) in [5, 5.41) is 32.2. The number of aliphatic hydroxyl groups is 1. The number of carbonyl (C=O) groups is 2. The molecule has 7 atom stereocenters. The van der Waals surface area contributed by atoms with Crippen molar-refractivity contribution in [2.75, 3.05) is 0 Å². The van der Waals surface area contributed by atoms with E-state index in [1.54, 1.807) is 6.92 Å². The van der Waals surface area contributed by atoms with Gasteiger partial charge in [0.15, 0.2) is 0 Å². The second kappa shape index (κ2) is 4.67. The zero-order chi connectivity index (χ0) is 18.4. The van der Waals surface area contributed by atoms with Crippen molar-refractivity contribution in [3.63, 3.8) is 0 Å². The van der Waals surface area contributed by atoms with Crippen LogP contribution in [-0.4, -0.2) is 32.9 Å². The Morgan fingerprint density at radius 2 is 1.84 bits per heavy atom. The molecule has 2 bridgehead atoms. The Labute approximate surface area is 148 Å². The van der Waals surface area contributed by atoms with Gasteiger partial charge in [0.05, 0.1) is 16.9 Å². The van der Waals surface area contributed by atoms with E-state index in [2.05, 4.69) is 6.58 Å². The van der Waals surface area contributed by atoms with E-state index in [0.29, 0.717) is 31.6 Å². The van der Waals surface area contributed by atoms with Crippen LogP contribution in [0.3, 0.4) is 0 Å². The fraction of sp³-hybridized carbons (Fsp3) is 0.800. The van der Waals surface area contributed by atoms with Crippen LogP contribution < -0.4 is 0 Å². The van der Waals surface area contributed by atoms with Gasteiger partial charge in [-0.25, -0.2) is 0 Å². The monoisotopic (exact) mass is 348 g/mol. The first-order chi connectivity index (χ1) is 11.5. The lowest BCUT2D eigenvalue weighted by Crippen LogP contribution is -2.66. The number of carboxylic acids is 2. The summed E-state index contributed by atoms with van der Waals surface area (Å²) in [5.74, 6) is -2.79. The Morgan fingerprint density at radius 1 is 1.16 bits per heavy atom. The molecule has 0 radical (unpaired) electrons. The van der Waals surface area contributed by atoms with E-state index in [9.17, 15) is 24.9 Å². The summed E-state index contributed by atoms with van der Waals surface area (Å²) in [6.07, 6.45) is 4.93. The summed E-state index contributed by atoms with van der Waals surface area (Å²) in [5.41, 5.74) is -3.31. The topological polar surface area (TPSA) is 94.8 Å². The zero-order valence-corrected chi connectivity index (χ0v) is 15.0. The summed E-state index contributed by atoms with van der Waals surface area (Å²) >= 11 is 0. The first-order valence-corrected chi connectivity index (χ1v) is 9.41. The number of fused-ring (bicyclic) bond motifs is 3. The molecule has 4 aliphatic rings. The van der Waals surface area contributed by atoms with Crippen molar-refractivity contribution >= 4 is 11.9 Å². The van der Waals surface area contributed by atoms with Crippen LogP contribution in [0.5, 0.6) is 0 Å². The molecule has 138 valence electrons. The van der Waals surface area contributed by atoms with Crippen molar-refractivity contribution in [2.45, 2.75) is 64.4 Å². The van der Waals surface area contributed by atoms with Crippen LogP contribution in [0.2, 0.25) is 0 Å². The lowest BCUT2D eigenvalue weighted by molar-refractivity contribution is -0.221. The molecular weight excluding hydrogens is 320 g/mol. The van der Waals surface area contributed by atoms with Crippen molar-refractivity contribution in [2.24, 2.45) is 34.0 Å². The third-order valence-electron chi connectivity index (χ3n) is 8.82. The maximum absolute atomic E-state index is 12.5. The Balaban J connectivity index is 2.00. The van der Waals surface area contributed by atoms with Crippen LogP contribution >= 0.6 is 0 Å². The molecule has 5 heteroatoms. The maximum Gasteiger partial charge on any atom is 0.312 e. The van der Waals surface area contributed by atoms with Gasteiger partial charge in [0.2, 0.25) is 0 Å².